The van der Waals surface area contributed by atoms with Gasteiger partial charge in [0.25, 0.3) is 0 Å². The summed E-state index contributed by atoms with van der Waals surface area (Å²) in [6.07, 6.45) is 3.91. The van der Waals surface area contributed by atoms with Crippen molar-refractivity contribution in [2.75, 3.05) is 6.56 Å². The van der Waals surface area contributed by atoms with Crippen molar-refractivity contribution >= 4 is 0 Å². The molecule has 1 N–H and O–H groups in total. The molecule has 0 aliphatic heterocycles. The lowest BCUT2D eigenvalue weighted by molar-refractivity contribution is 0.350. The van der Waals surface area contributed by atoms with E-state index in [0.29, 0.717) is 6.42 Å². The van der Waals surface area contributed by atoms with Crippen LogP contribution in [0, 0.1) is 11.8 Å². The zero-order valence-electron chi connectivity index (χ0n) is 7.78. The summed E-state index contributed by atoms with van der Waals surface area (Å²) in [5.74, 6) is 4.70. The van der Waals surface area contributed by atoms with E-state index < -0.39 is 6.56 Å². The van der Waals surface area contributed by atoms with Crippen LogP contribution in [0.15, 0.2) is 0 Å². The molecule has 0 radical (unpaired) electrons. The van der Waals surface area contributed by atoms with Crippen LogP contribution in [0.3, 0.4) is 0 Å². The number of unbranched alkanes of at least 4 members (excludes halogenated alkanes) is 3. The van der Waals surface area contributed by atoms with Crippen LogP contribution in [0.25, 0.3) is 0 Å². The zero-order valence-corrected chi connectivity index (χ0v) is 5.78. The fourth-order valence-electron chi connectivity index (χ4n) is 0.565. The highest BCUT2D eigenvalue weighted by Crippen LogP contribution is 1.96. The van der Waals surface area contributed by atoms with Crippen LogP contribution >= 0.6 is 0 Å². The smallest absolute Gasteiger partial charge is 0.104 e. The molecule has 0 spiro atoms. The first-order valence-electron chi connectivity index (χ1n) is 4.28. The molecule has 0 aromatic carbocycles. The Kier molecular flexibility index (Phi) is 4.44. The molecule has 0 saturated heterocycles. The highest BCUT2D eigenvalue weighted by atomic mass is 16.2. The summed E-state index contributed by atoms with van der Waals surface area (Å²) in [6, 6.07) is 0. The molecule has 1 nitrogen and oxygen atoms in total. The molecule has 0 rings (SSSR count). The van der Waals surface area contributed by atoms with Crippen LogP contribution in [0.5, 0.6) is 0 Å². The Balaban J connectivity index is 3.41. The van der Waals surface area contributed by atoms with E-state index in [1.807, 2.05) is 0 Å². The predicted octanol–water partition coefficient (Wildman–Crippen LogP) is 1.56. The normalized spacial score (nSPS) is 13.1. The second-order valence-electron chi connectivity index (χ2n) is 1.87. The van der Waals surface area contributed by atoms with E-state index in [-0.39, 0.29) is 0 Å². The maximum Gasteiger partial charge on any atom is 0.104 e. The quantitative estimate of drug-likeness (QED) is 0.452. The van der Waals surface area contributed by atoms with Crippen LogP contribution in [-0.2, 0) is 0 Å². The van der Waals surface area contributed by atoms with E-state index in [1.165, 1.54) is 0 Å². The molecule has 0 saturated carbocycles. The minimum absolute atomic E-state index is 0.675. The van der Waals surface area contributed by atoms with Gasteiger partial charge in [-0.15, -0.1) is 5.92 Å². The van der Waals surface area contributed by atoms with Crippen LogP contribution in [0.1, 0.15) is 35.3 Å². The second kappa shape index (κ2) is 7.52. The molecular formula is C8H14O. The molecule has 0 heterocycles. The fourth-order valence-corrected chi connectivity index (χ4v) is 0.565. The van der Waals surface area contributed by atoms with Gasteiger partial charge < -0.3 is 5.11 Å². The molecule has 0 aliphatic rings. The van der Waals surface area contributed by atoms with Crippen molar-refractivity contribution in [1.82, 2.24) is 0 Å². The summed E-state index contributed by atoms with van der Waals surface area (Å²) in [6.45, 7) is -0.217. The molecule has 0 aromatic rings. The Hall–Kier alpha value is -0.480. The molecule has 0 aliphatic carbocycles. The van der Waals surface area contributed by atoms with E-state index in [2.05, 4.69) is 18.8 Å². The third kappa shape index (κ3) is 7.52. The van der Waals surface area contributed by atoms with Gasteiger partial charge in [-0.25, -0.2) is 0 Å². The summed E-state index contributed by atoms with van der Waals surface area (Å²) in [5.41, 5.74) is 0. The third-order valence-electron chi connectivity index (χ3n) is 1.05. The van der Waals surface area contributed by atoms with Crippen molar-refractivity contribution in [2.24, 2.45) is 0 Å². The van der Waals surface area contributed by atoms with E-state index in [9.17, 15) is 0 Å². The number of hydrogen-bond donors (Lipinski definition) is 1. The molecule has 52 valence electrons. The summed E-state index contributed by atoms with van der Waals surface area (Å²) in [7, 11) is 0. The number of aliphatic hydroxyl groups is 1. The van der Waals surface area contributed by atoms with Gasteiger partial charge in [-0.1, -0.05) is 25.7 Å². The van der Waals surface area contributed by atoms with Crippen molar-refractivity contribution in [3.63, 3.8) is 0 Å². The van der Waals surface area contributed by atoms with Crippen molar-refractivity contribution in [1.29, 1.82) is 0 Å². The van der Waals surface area contributed by atoms with Crippen molar-refractivity contribution in [2.45, 2.75) is 32.6 Å². The first-order chi connectivity index (χ1) is 5.06. The van der Waals surface area contributed by atoms with Crippen LogP contribution < -0.4 is 0 Å². The average Bonchev–Trinajstić information content (AvgIpc) is 1.85. The van der Waals surface area contributed by atoms with Crippen LogP contribution in [0.4, 0.5) is 0 Å². The minimum Gasteiger partial charge on any atom is -0.384 e. The first kappa shape index (κ1) is 5.32. The lowest BCUT2D eigenvalue weighted by Crippen LogP contribution is -1.74. The first-order valence-corrected chi connectivity index (χ1v) is 3.28. The zero-order chi connectivity index (χ0) is 8.74. The molecule has 0 amide bonds. The SMILES string of the molecule is [2H]C([2H])(O)C#CCCCCC. The van der Waals surface area contributed by atoms with Gasteiger partial charge in [0.15, 0.2) is 0 Å². The topological polar surface area (TPSA) is 20.2 Å². The van der Waals surface area contributed by atoms with Crippen LogP contribution in [0.2, 0.25) is 0 Å². The van der Waals surface area contributed by atoms with E-state index >= 15 is 0 Å². The Bertz CT molecular complexity index is 150. The highest BCUT2D eigenvalue weighted by molar-refractivity contribution is 4.98. The molecule has 0 fully saturated rings. The van der Waals surface area contributed by atoms with Gasteiger partial charge in [0.2, 0.25) is 0 Å². The Morgan fingerprint density at radius 1 is 1.44 bits per heavy atom. The lowest BCUT2D eigenvalue weighted by Gasteiger charge is -1.87. The highest BCUT2D eigenvalue weighted by Gasteiger charge is 1.79. The van der Waals surface area contributed by atoms with Crippen molar-refractivity contribution < 1.29 is 7.85 Å². The molecule has 9 heavy (non-hydrogen) atoms. The summed E-state index contributed by atoms with van der Waals surface area (Å²) < 4.78 is 13.3. The van der Waals surface area contributed by atoms with Gasteiger partial charge in [-0.05, 0) is 6.42 Å². The molecule has 1 heteroatoms. The second-order valence-corrected chi connectivity index (χ2v) is 1.87. The van der Waals surface area contributed by atoms with Gasteiger partial charge in [0.05, 0.1) is 2.74 Å². The fraction of sp³-hybridized carbons (Fsp3) is 0.750. The van der Waals surface area contributed by atoms with E-state index in [0.717, 1.165) is 19.3 Å². The minimum atomic E-state index is -2.31. The summed E-state index contributed by atoms with van der Waals surface area (Å²) >= 11 is 0. The monoisotopic (exact) mass is 128 g/mol. The third-order valence-corrected chi connectivity index (χ3v) is 1.05. The van der Waals surface area contributed by atoms with Crippen molar-refractivity contribution in [3.05, 3.63) is 0 Å². The summed E-state index contributed by atoms with van der Waals surface area (Å²) in [5, 5.41) is 8.53. The number of hydrogen-bond acceptors (Lipinski definition) is 1. The predicted molar refractivity (Wildman–Crippen MR) is 39.0 cm³/mol. The Morgan fingerprint density at radius 2 is 2.22 bits per heavy atom. The van der Waals surface area contributed by atoms with Gasteiger partial charge in [0, 0.05) is 6.42 Å². The molecular weight excluding hydrogens is 112 g/mol. The van der Waals surface area contributed by atoms with Crippen molar-refractivity contribution in [3.8, 4) is 11.8 Å². The van der Waals surface area contributed by atoms with Crippen LogP contribution in [-0.4, -0.2) is 11.7 Å². The van der Waals surface area contributed by atoms with Gasteiger partial charge in [-0.2, -0.15) is 0 Å². The molecule has 0 unspecified atom stereocenters. The maximum atomic E-state index is 8.53. The Labute approximate surface area is 59.9 Å². The molecule has 0 bridgehead atoms. The van der Waals surface area contributed by atoms with E-state index in [4.69, 9.17) is 7.85 Å². The lowest BCUT2D eigenvalue weighted by atomic mass is 10.2. The Morgan fingerprint density at radius 3 is 2.78 bits per heavy atom. The summed E-state index contributed by atoms with van der Waals surface area (Å²) in [4.78, 5) is 0. The standard InChI is InChI=1S/C8H14O/c1-2-3-4-5-6-7-8-9/h9H,2-5,8H2,1H3/i8D2. The number of rotatable bonds is 3. The molecule has 0 aromatic heterocycles. The van der Waals surface area contributed by atoms with Gasteiger partial charge in [0.1, 0.15) is 6.56 Å². The van der Waals surface area contributed by atoms with Gasteiger partial charge >= 0.3 is 0 Å². The largest absolute Gasteiger partial charge is 0.384 e. The molecule has 0 atom stereocenters. The van der Waals surface area contributed by atoms with E-state index in [1.54, 1.807) is 0 Å². The maximum absolute atomic E-state index is 8.53. The van der Waals surface area contributed by atoms with Gasteiger partial charge in [-0.3, -0.25) is 0 Å². The average molecular weight is 128 g/mol.